The summed E-state index contributed by atoms with van der Waals surface area (Å²) in [6.45, 7) is 3.80. The Morgan fingerprint density at radius 2 is 2.32 bits per heavy atom. The van der Waals surface area contributed by atoms with Crippen molar-refractivity contribution in [1.82, 2.24) is 14.8 Å². The topological polar surface area (TPSA) is 55.9 Å². The van der Waals surface area contributed by atoms with Crippen LogP contribution in [0.2, 0.25) is 0 Å². The summed E-state index contributed by atoms with van der Waals surface area (Å²) in [5.74, 6) is 0.836. The first-order chi connectivity index (χ1) is 10.8. The predicted octanol–water partition coefficient (Wildman–Crippen LogP) is 3.93. The maximum absolute atomic E-state index is 5.07. The van der Waals surface area contributed by atoms with Crippen molar-refractivity contribution in [2.24, 2.45) is 5.92 Å². The first-order valence-corrected chi connectivity index (χ1v) is 8.36. The Morgan fingerprint density at radius 3 is 3.09 bits per heavy atom. The van der Waals surface area contributed by atoms with Gasteiger partial charge in [0.15, 0.2) is 5.13 Å². The molecule has 3 heterocycles. The molecule has 0 aromatic carbocycles. The molecule has 1 aliphatic carbocycles. The molecule has 1 aliphatic rings. The van der Waals surface area contributed by atoms with E-state index in [4.69, 9.17) is 4.42 Å². The summed E-state index contributed by atoms with van der Waals surface area (Å²) in [4.78, 5) is 5.74. The molecular formula is C16H18N4OS. The summed E-state index contributed by atoms with van der Waals surface area (Å²) in [5, 5.41) is 8.95. The molecule has 114 valence electrons. The van der Waals surface area contributed by atoms with Crippen molar-refractivity contribution in [2.45, 2.75) is 32.9 Å². The zero-order valence-corrected chi connectivity index (χ0v) is 13.3. The van der Waals surface area contributed by atoms with Gasteiger partial charge in [-0.25, -0.2) is 4.98 Å². The molecule has 4 rings (SSSR count). The number of nitrogens with zero attached hydrogens (tertiary/aromatic N) is 3. The van der Waals surface area contributed by atoms with E-state index >= 15 is 0 Å². The van der Waals surface area contributed by atoms with Crippen LogP contribution in [-0.2, 0) is 13.1 Å². The molecule has 3 aromatic heterocycles. The highest BCUT2D eigenvalue weighted by Crippen LogP contribution is 2.33. The van der Waals surface area contributed by atoms with E-state index < -0.39 is 0 Å². The SMILES string of the molecule is Cc1nc(NCc2ccoc2)sc1-c1ccn(CC2CC2)n1. The fourth-order valence-electron chi connectivity index (χ4n) is 2.43. The van der Waals surface area contributed by atoms with E-state index in [9.17, 15) is 0 Å². The van der Waals surface area contributed by atoms with Gasteiger partial charge in [0.1, 0.15) is 5.69 Å². The second-order valence-corrected chi connectivity index (χ2v) is 6.78. The minimum absolute atomic E-state index is 0.721. The van der Waals surface area contributed by atoms with Crippen LogP contribution in [0.1, 0.15) is 24.1 Å². The molecule has 1 saturated carbocycles. The van der Waals surface area contributed by atoms with E-state index in [1.54, 1.807) is 23.9 Å². The summed E-state index contributed by atoms with van der Waals surface area (Å²) < 4.78 is 7.13. The Labute approximate surface area is 133 Å². The van der Waals surface area contributed by atoms with E-state index in [0.29, 0.717) is 0 Å². The Balaban J connectivity index is 1.48. The predicted molar refractivity (Wildman–Crippen MR) is 86.8 cm³/mol. The minimum Gasteiger partial charge on any atom is -0.472 e. The zero-order chi connectivity index (χ0) is 14.9. The molecule has 0 spiro atoms. The fraction of sp³-hybridized carbons (Fsp3) is 0.375. The van der Waals surface area contributed by atoms with Crippen LogP contribution in [-0.4, -0.2) is 14.8 Å². The Kier molecular flexibility index (Phi) is 3.46. The quantitative estimate of drug-likeness (QED) is 0.749. The lowest BCUT2D eigenvalue weighted by Crippen LogP contribution is -1.99. The van der Waals surface area contributed by atoms with Crippen molar-refractivity contribution in [1.29, 1.82) is 0 Å². The highest BCUT2D eigenvalue weighted by molar-refractivity contribution is 7.19. The van der Waals surface area contributed by atoms with E-state index in [1.807, 2.05) is 13.0 Å². The molecule has 0 bridgehead atoms. The Morgan fingerprint density at radius 1 is 1.41 bits per heavy atom. The van der Waals surface area contributed by atoms with Gasteiger partial charge in [0.25, 0.3) is 0 Å². The molecule has 0 saturated heterocycles. The van der Waals surface area contributed by atoms with Gasteiger partial charge in [0.2, 0.25) is 0 Å². The first kappa shape index (κ1) is 13.6. The standard InChI is InChI=1S/C16H18N4OS/c1-11-15(14-4-6-20(19-14)9-12-2-3-12)22-16(18-11)17-8-13-5-7-21-10-13/h4-7,10,12H,2-3,8-9H2,1H3,(H,17,18). The van der Waals surface area contributed by atoms with E-state index in [1.165, 1.54) is 12.8 Å². The molecule has 0 radical (unpaired) electrons. The number of thiazole rings is 1. The van der Waals surface area contributed by atoms with Crippen molar-refractivity contribution >= 4 is 16.5 Å². The van der Waals surface area contributed by atoms with Gasteiger partial charge in [-0.2, -0.15) is 5.10 Å². The summed E-state index contributed by atoms with van der Waals surface area (Å²) in [7, 11) is 0. The van der Waals surface area contributed by atoms with E-state index in [-0.39, 0.29) is 0 Å². The highest BCUT2D eigenvalue weighted by atomic mass is 32.1. The number of anilines is 1. The van der Waals surface area contributed by atoms with Gasteiger partial charge < -0.3 is 9.73 Å². The Bertz CT molecular complexity index is 755. The third-order valence-electron chi connectivity index (χ3n) is 3.84. The lowest BCUT2D eigenvalue weighted by Gasteiger charge is -1.98. The fourth-order valence-corrected chi connectivity index (χ4v) is 3.36. The molecule has 0 amide bonds. The van der Waals surface area contributed by atoms with Gasteiger partial charge in [0.05, 0.1) is 23.1 Å². The summed E-state index contributed by atoms with van der Waals surface area (Å²) in [5.41, 5.74) is 3.16. The largest absolute Gasteiger partial charge is 0.472 e. The minimum atomic E-state index is 0.721. The van der Waals surface area contributed by atoms with Crippen LogP contribution < -0.4 is 5.32 Å². The summed E-state index contributed by atoms with van der Waals surface area (Å²) in [6, 6.07) is 4.04. The van der Waals surface area contributed by atoms with Crippen molar-refractivity contribution < 1.29 is 4.42 Å². The second kappa shape index (κ2) is 5.61. The van der Waals surface area contributed by atoms with Gasteiger partial charge in [-0.3, -0.25) is 4.68 Å². The number of hydrogen-bond donors (Lipinski definition) is 1. The van der Waals surface area contributed by atoms with Crippen molar-refractivity contribution in [3.8, 4) is 10.6 Å². The second-order valence-electron chi connectivity index (χ2n) is 5.79. The van der Waals surface area contributed by atoms with E-state index in [0.717, 1.165) is 46.0 Å². The van der Waals surface area contributed by atoms with Crippen LogP contribution in [0.15, 0.2) is 35.3 Å². The lowest BCUT2D eigenvalue weighted by atomic mass is 10.3. The summed E-state index contributed by atoms with van der Waals surface area (Å²) in [6.07, 6.45) is 8.19. The monoisotopic (exact) mass is 314 g/mol. The van der Waals surface area contributed by atoms with Crippen LogP contribution in [0, 0.1) is 12.8 Å². The molecule has 3 aromatic rings. The van der Waals surface area contributed by atoms with Gasteiger partial charge in [-0.15, -0.1) is 0 Å². The van der Waals surface area contributed by atoms with E-state index in [2.05, 4.69) is 32.3 Å². The molecular weight excluding hydrogens is 296 g/mol. The van der Waals surface area contributed by atoms with Crippen molar-refractivity contribution in [2.75, 3.05) is 5.32 Å². The third-order valence-corrected chi connectivity index (χ3v) is 4.97. The van der Waals surface area contributed by atoms with Gasteiger partial charge in [-0.05, 0) is 37.8 Å². The van der Waals surface area contributed by atoms with Crippen LogP contribution >= 0.6 is 11.3 Å². The van der Waals surface area contributed by atoms with Crippen LogP contribution in [0.4, 0.5) is 5.13 Å². The van der Waals surface area contributed by atoms with Crippen LogP contribution in [0.25, 0.3) is 10.6 Å². The zero-order valence-electron chi connectivity index (χ0n) is 12.5. The third kappa shape index (κ3) is 2.92. The average molecular weight is 314 g/mol. The number of aryl methyl sites for hydroxylation is 1. The van der Waals surface area contributed by atoms with Gasteiger partial charge in [-0.1, -0.05) is 11.3 Å². The van der Waals surface area contributed by atoms with Crippen molar-refractivity contribution in [3.05, 3.63) is 42.1 Å². The van der Waals surface area contributed by atoms with Crippen molar-refractivity contribution in [3.63, 3.8) is 0 Å². The molecule has 0 atom stereocenters. The Hall–Kier alpha value is -2.08. The molecule has 1 fully saturated rings. The number of rotatable bonds is 6. The molecule has 1 N–H and O–H groups in total. The summed E-state index contributed by atoms with van der Waals surface area (Å²) >= 11 is 1.65. The maximum atomic E-state index is 5.07. The maximum Gasteiger partial charge on any atom is 0.183 e. The number of aromatic nitrogens is 3. The average Bonchev–Trinajstić information content (AvgIpc) is 2.94. The lowest BCUT2D eigenvalue weighted by molar-refractivity contribution is 0.564. The first-order valence-electron chi connectivity index (χ1n) is 7.54. The molecule has 0 aliphatic heterocycles. The number of hydrogen-bond acceptors (Lipinski definition) is 5. The molecule has 0 unspecified atom stereocenters. The normalized spacial score (nSPS) is 14.4. The number of furan rings is 1. The highest BCUT2D eigenvalue weighted by Gasteiger charge is 2.22. The van der Waals surface area contributed by atoms with Gasteiger partial charge in [0, 0.05) is 24.8 Å². The van der Waals surface area contributed by atoms with Gasteiger partial charge >= 0.3 is 0 Å². The molecule has 22 heavy (non-hydrogen) atoms. The van der Waals surface area contributed by atoms with Crippen LogP contribution in [0.5, 0.6) is 0 Å². The van der Waals surface area contributed by atoms with Crippen LogP contribution in [0.3, 0.4) is 0 Å². The molecule has 6 heteroatoms. The number of nitrogens with one attached hydrogen (secondary N) is 1. The smallest absolute Gasteiger partial charge is 0.183 e. The molecule has 5 nitrogen and oxygen atoms in total.